The molecule has 0 amide bonds. The smallest absolute Gasteiger partial charge is 0.160 e. The molecule has 9 heavy (non-hydrogen) atoms. The summed E-state index contributed by atoms with van der Waals surface area (Å²) in [4.78, 5) is 0. The predicted molar refractivity (Wildman–Crippen MR) is 43.1 cm³/mol. The Morgan fingerprint density at radius 3 is 2.78 bits per heavy atom. The van der Waals surface area contributed by atoms with Crippen LogP contribution in [0.3, 0.4) is 0 Å². The Balaban J connectivity index is 2.74. The van der Waals surface area contributed by atoms with Crippen molar-refractivity contribution < 1.29 is 4.42 Å². The minimum Gasteiger partial charge on any atom is -0.454 e. The van der Waals surface area contributed by atoms with Gasteiger partial charge in [0.05, 0.1) is 5.33 Å². The molecule has 3 heteroatoms. The highest BCUT2D eigenvalue weighted by atomic mass is 79.9. The quantitative estimate of drug-likeness (QED) is 0.546. The average Bonchev–Trinajstić information content (AvgIpc) is 2.34. The number of rotatable bonds is 2. The van der Waals surface area contributed by atoms with Gasteiger partial charge in [-0.1, -0.05) is 27.7 Å². The van der Waals surface area contributed by atoms with Crippen LogP contribution in [0.1, 0.15) is 5.76 Å². The van der Waals surface area contributed by atoms with Crippen LogP contribution in [0.5, 0.6) is 0 Å². The minimum atomic E-state index is 0.799. The van der Waals surface area contributed by atoms with Gasteiger partial charge in [-0.15, -0.1) is 0 Å². The van der Waals surface area contributed by atoms with E-state index in [-0.39, 0.29) is 0 Å². The third kappa shape index (κ3) is 1.76. The lowest BCUT2D eigenvalue weighted by Gasteiger charge is -1.85. The molecule has 1 aromatic rings. The normalized spacial score (nSPS) is 10.0. The fraction of sp³-hybridized carbons (Fsp3) is 0.333. The standard InChI is InChI=1S/C6H7BrOS/c1-9-6-3-2-5(4-7)8-6/h2-3H,4H2,1H3. The molecule has 1 rings (SSSR count). The monoisotopic (exact) mass is 206 g/mol. The van der Waals surface area contributed by atoms with Crippen LogP contribution in [0.2, 0.25) is 0 Å². The van der Waals surface area contributed by atoms with Crippen molar-refractivity contribution in [2.45, 2.75) is 10.4 Å². The molecule has 0 spiro atoms. The third-order valence-electron chi connectivity index (χ3n) is 0.970. The van der Waals surface area contributed by atoms with Crippen molar-refractivity contribution >= 4 is 27.7 Å². The van der Waals surface area contributed by atoms with Crippen LogP contribution in [-0.4, -0.2) is 6.26 Å². The summed E-state index contributed by atoms with van der Waals surface area (Å²) >= 11 is 4.91. The van der Waals surface area contributed by atoms with Gasteiger partial charge >= 0.3 is 0 Å². The molecule has 1 nitrogen and oxygen atoms in total. The summed E-state index contributed by atoms with van der Waals surface area (Å²) < 4.78 is 5.30. The van der Waals surface area contributed by atoms with E-state index in [0.717, 1.165) is 16.2 Å². The van der Waals surface area contributed by atoms with E-state index in [1.54, 1.807) is 11.8 Å². The van der Waals surface area contributed by atoms with Crippen molar-refractivity contribution in [1.29, 1.82) is 0 Å². The van der Waals surface area contributed by atoms with Gasteiger partial charge in [0, 0.05) is 0 Å². The van der Waals surface area contributed by atoms with Gasteiger partial charge in [-0.3, -0.25) is 0 Å². The number of thioether (sulfide) groups is 1. The highest BCUT2D eigenvalue weighted by Crippen LogP contribution is 2.19. The molecule has 1 aromatic heterocycles. The van der Waals surface area contributed by atoms with Crippen molar-refractivity contribution in [1.82, 2.24) is 0 Å². The van der Waals surface area contributed by atoms with E-state index in [9.17, 15) is 0 Å². The van der Waals surface area contributed by atoms with Gasteiger partial charge in [0.1, 0.15) is 5.76 Å². The van der Waals surface area contributed by atoms with E-state index >= 15 is 0 Å². The molecular weight excluding hydrogens is 200 g/mol. The number of furan rings is 1. The van der Waals surface area contributed by atoms with Crippen molar-refractivity contribution in [2.75, 3.05) is 6.26 Å². The first-order valence-electron chi connectivity index (χ1n) is 2.55. The topological polar surface area (TPSA) is 13.1 Å². The van der Waals surface area contributed by atoms with Crippen LogP contribution in [0.15, 0.2) is 21.6 Å². The first-order valence-corrected chi connectivity index (χ1v) is 4.90. The Labute approximate surface area is 66.9 Å². The van der Waals surface area contributed by atoms with Crippen LogP contribution in [-0.2, 0) is 5.33 Å². The lowest BCUT2D eigenvalue weighted by atomic mass is 10.5. The molecule has 0 saturated carbocycles. The second-order valence-electron chi connectivity index (χ2n) is 1.56. The van der Waals surface area contributed by atoms with Crippen molar-refractivity contribution in [3.63, 3.8) is 0 Å². The Morgan fingerprint density at radius 2 is 2.44 bits per heavy atom. The molecule has 0 aliphatic rings. The fourth-order valence-corrected chi connectivity index (χ4v) is 1.24. The van der Waals surface area contributed by atoms with E-state index in [0.29, 0.717) is 0 Å². The van der Waals surface area contributed by atoms with Crippen LogP contribution < -0.4 is 0 Å². The predicted octanol–water partition coefficient (Wildman–Crippen LogP) is 2.90. The minimum absolute atomic E-state index is 0.799. The highest BCUT2D eigenvalue weighted by molar-refractivity contribution is 9.08. The molecule has 0 unspecified atom stereocenters. The van der Waals surface area contributed by atoms with E-state index in [2.05, 4.69) is 15.9 Å². The first kappa shape index (κ1) is 7.22. The summed E-state index contributed by atoms with van der Waals surface area (Å²) in [5.74, 6) is 0.986. The fourth-order valence-electron chi connectivity index (χ4n) is 0.540. The molecule has 0 atom stereocenters. The van der Waals surface area contributed by atoms with Crippen molar-refractivity contribution in [3.8, 4) is 0 Å². The van der Waals surface area contributed by atoms with Gasteiger partial charge in [0.15, 0.2) is 5.09 Å². The Kier molecular flexibility index (Phi) is 2.66. The summed E-state index contributed by atoms with van der Waals surface area (Å²) in [5, 5.41) is 1.78. The average molecular weight is 207 g/mol. The van der Waals surface area contributed by atoms with E-state index in [1.165, 1.54) is 0 Å². The lowest BCUT2D eigenvalue weighted by Crippen LogP contribution is -1.63. The van der Waals surface area contributed by atoms with E-state index < -0.39 is 0 Å². The maximum Gasteiger partial charge on any atom is 0.160 e. The third-order valence-corrected chi connectivity index (χ3v) is 2.14. The summed E-state index contributed by atoms with van der Waals surface area (Å²) in [6, 6.07) is 3.95. The van der Waals surface area contributed by atoms with Gasteiger partial charge in [-0.05, 0) is 18.4 Å². The molecule has 1 heterocycles. The molecule has 0 aromatic carbocycles. The Bertz CT molecular complexity index is 166. The number of hydrogen-bond donors (Lipinski definition) is 0. The number of halogens is 1. The van der Waals surface area contributed by atoms with Crippen LogP contribution in [0.4, 0.5) is 0 Å². The molecule has 0 aliphatic heterocycles. The zero-order valence-corrected chi connectivity index (χ0v) is 7.46. The molecule has 0 N–H and O–H groups in total. The van der Waals surface area contributed by atoms with E-state index in [4.69, 9.17) is 4.42 Å². The zero-order chi connectivity index (χ0) is 6.69. The van der Waals surface area contributed by atoms with Crippen LogP contribution in [0.25, 0.3) is 0 Å². The van der Waals surface area contributed by atoms with Gasteiger partial charge < -0.3 is 4.42 Å². The zero-order valence-electron chi connectivity index (χ0n) is 5.06. The summed E-state index contributed by atoms with van der Waals surface area (Å²) in [7, 11) is 0. The lowest BCUT2D eigenvalue weighted by molar-refractivity contribution is 0.447. The molecule has 0 saturated heterocycles. The molecule has 0 fully saturated rings. The first-order chi connectivity index (χ1) is 4.36. The van der Waals surface area contributed by atoms with E-state index in [1.807, 2.05) is 18.4 Å². The van der Waals surface area contributed by atoms with Crippen LogP contribution >= 0.6 is 27.7 Å². The van der Waals surface area contributed by atoms with Gasteiger partial charge in [0.25, 0.3) is 0 Å². The SMILES string of the molecule is CSc1ccc(CBr)o1. The Hall–Kier alpha value is 0.110. The summed E-state index contributed by atoms with van der Waals surface area (Å²) in [6.45, 7) is 0. The van der Waals surface area contributed by atoms with Gasteiger partial charge in [-0.25, -0.2) is 0 Å². The molecule has 50 valence electrons. The molecule has 0 aliphatic carbocycles. The molecule has 0 radical (unpaired) electrons. The maximum atomic E-state index is 5.30. The Morgan fingerprint density at radius 1 is 1.67 bits per heavy atom. The number of hydrogen-bond acceptors (Lipinski definition) is 2. The second-order valence-corrected chi connectivity index (χ2v) is 2.93. The molecular formula is C6H7BrOS. The second kappa shape index (κ2) is 3.32. The van der Waals surface area contributed by atoms with Crippen molar-refractivity contribution in [2.24, 2.45) is 0 Å². The van der Waals surface area contributed by atoms with Crippen LogP contribution in [0, 0.1) is 0 Å². The maximum absolute atomic E-state index is 5.30. The van der Waals surface area contributed by atoms with Crippen molar-refractivity contribution in [3.05, 3.63) is 17.9 Å². The highest BCUT2D eigenvalue weighted by Gasteiger charge is 1.96. The van der Waals surface area contributed by atoms with Gasteiger partial charge in [-0.2, -0.15) is 0 Å². The molecule has 0 bridgehead atoms. The summed E-state index contributed by atoms with van der Waals surface area (Å²) in [5.41, 5.74) is 0. The summed E-state index contributed by atoms with van der Waals surface area (Å²) in [6.07, 6.45) is 2.00. The van der Waals surface area contributed by atoms with Gasteiger partial charge in [0.2, 0.25) is 0 Å². The number of alkyl halides is 1. The largest absolute Gasteiger partial charge is 0.454 e.